The highest BCUT2D eigenvalue weighted by Gasteiger charge is 1.93. The van der Waals surface area contributed by atoms with E-state index in [2.05, 4.69) is 9.82 Å². The number of hydrogen-bond acceptors (Lipinski definition) is 3. The first-order valence-corrected chi connectivity index (χ1v) is 3.77. The van der Waals surface area contributed by atoms with Gasteiger partial charge in [-0.2, -0.15) is 0 Å². The normalized spacial score (nSPS) is 10.2. The van der Waals surface area contributed by atoms with Gasteiger partial charge >= 0.3 is 5.97 Å². The smallest absolute Gasteiger partial charge is 0.319 e. The van der Waals surface area contributed by atoms with Crippen LogP contribution in [-0.2, 0) is 9.53 Å². The largest absolute Gasteiger partial charge is 0.468 e. The zero-order chi connectivity index (χ0) is 6.41. The average Bonchev–Trinajstić information content (AvgIpc) is 1.83. The van der Waals surface area contributed by atoms with Crippen molar-refractivity contribution in [1.82, 2.24) is 5.09 Å². The minimum Gasteiger partial charge on any atom is -0.468 e. The highest BCUT2D eigenvalue weighted by atomic mass is 31.1. The van der Waals surface area contributed by atoms with Crippen LogP contribution in [0.25, 0.3) is 0 Å². The van der Waals surface area contributed by atoms with Crippen LogP contribution in [-0.4, -0.2) is 26.3 Å². The molecule has 0 rings (SSSR count). The van der Waals surface area contributed by atoms with Crippen LogP contribution < -0.4 is 5.09 Å². The Morgan fingerprint density at radius 3 is 2.88 bits per heavy atom. The number of ether oxygens (including phenoxy) is 1. The van der Waals surface area contributed by atoms with E-state index in [9.17, 15) is 4.79 Å². The third-order valence-corrected chi connectivity index (χ3v) is 1.17. The van der Waals surface area contributed by atoms with Crippen molar-refractivity contribution in [2.24, 2.45) is 0 Å². The molecule has 0 amide bonds. The van der Waals surface area contributed by atoms with E-state index in [1.165, 1.54) is 7.11 Å². The van der Waals surface area contributed by atoms with Crippen molar-refractivity contribution in [3.63, 3.8) is 0 Å². The van der Waals surface area contributed by atoms with Crippen LogP contribution in [0.4, 0.5) is 0 Å². The fraction of sp³-hybridized carbons (Fsp3) is 0.750. The molecule has 4 heteroatoms. The summed E-state index contributed by atoms with van der Waals surface area (Å²) in [5.41, 5.74) is 0. The van der Waals surface area contributed by atoms with Gasteiger partial charge in [0.15, 0.2) is 0 Å². The van der Waals surface area contributed by atoms with Crippen molar-refractivity contribution in [2.45, 2.75) is 0 Å². The van der Waals surface area contributed by atoms with Crippen LogP contribution in [0.3, 0.4) is 0 Å². The molecular formula is C4H10NO2P. The molecule has 0 spiro atoms. The quantitative estimate of drug-likeness (QED) is 0.436. The van der Waals surface area contributed by atoms with Gasteiger partial charge in [0.1, 0.15) is 0 Å². The Balaban J connectivity index is 2.99. The Kier molecular flexibility index (Phi) is 4.92. The number of carbonyl (C=O) groups excluding carboxylic acids is 1. The van der Waals surface area contributed by atoms with E-state index in [-0.39, 0.29) is 5.97 Å². The van der Waals surface area contributed by atoms with Crippen molar-refractivity contribution in [1.29, 1.82) is 0 Å². The molecule has 1 unspecified atom stereocenters. The van der Waals surface area contributed by atoms with E-state index in [0.717, 1.165) is 0 Å². The first-order chi connectivity index (χ1) is 3.81. The van der Waals surface area contributed by atoms with Crippen LogP contribution in [0.5, 0.6) is 0 Å². The number of hydrogen-bond donors (Lipinski definition) is 1. The maximum atomic E-state index is 10.3. The fourth-order valence-corrected chi connectivity index (χ4v) is 0.554. The fourth-order valence-electron chi connectivity index (χ4n) is 0.233. The summed E-state index contributed by atoms with van der Waals surface area (Å²) in [5.74, 6) is -0.209. The van der Waals surface area contributed by atoms with E-state index < -0.39 is 0 Å². The molecule has 0 saturated heterocycles. The number of rotatable bonds is 3. The maximum absolute atomic E-state index is 10.3. The van der Waals surface area contributed by atoms with Crippen LogP contribution in [0, 0.1) is 0 Å². The summed E-state index contributed by atoms with van der Waals surface area (Å²) in [6.45, 7) is 2.29. The summed E-state index contributed by atoms with van der Waals surface area (Å²) < 4.78 is 4.36. The molecule has 0 aromatic rings. The molecule has 0 aromatic carbocycles. The van der Waals surface area contributed by atoms with Crippen molar-refractivity contribution in [2.75, 3.05) is 20.3 Å². The monoisotopic (exact) mass is 135 g/mol. The molecule has 0 aliphatic rings. The second kappa shape index (κ2) is 5.01. The van der Waals surface area contributed by atoms with E-state index in [0.29, 0.717) is 15.3 Å². The maximum Gasteiger partial charge on any atom is 0.319 e. The minimum atomic E-state index is -0.209. The van der Waals surface area contributed by atoms with Crippen LogP contribution >= 0.6 is 8.73 Å². The van der Waals surface area contributed by atoms with Gasteiger partial charge in [-0.3, -0.25) is 9.88 Å². The lowest BCUT2D eigenvalue weighted by atomic mass is 10.7. The Bertz CT molecular complexity index is 76.4. The van der Waals surface area contributed by atoms with Gasteiger partial charge in [0, 0.05) is 0 Å². The second-order valence-corrected chi connectivity index (χ2v) is 2.03. The summed E-state index contributed by atoms with van der Waals surface area (Å²) >= 11 is 0. The molecule has 0 aliphatic heterocycles. The molecule has 0 fully saturated rings. The van der Waals surface area contributed by atoms with Crippen LogP contribution in [0.15, 0.2) is 0 Å². The Labute approximate surface area is 50.6 Å². The molecule has 8 heavy (non-hydrogen) atoms. The van der Waals surface area contributed by atoms with E-state index in [4.69, 9.17) is 0 Å². The summed E-state index contributed by atoms with van der Waals surface area (Å²) in [7, 11) is 1.98. The zero-order valence-corrected chi connectivity index (χ0v) is 6.02. The van der Waals surface area contributed by atoms with Crippen LogP contribution in [0.2, 0.25) is 0 Å². The first-order valence-electron chi connectivity index (χ1n) is 2.27. The summed E-state index contributed by atoms with van der Waals surface area (Å²) in [6.07, 6.45) is 0. The second-order valence-electron chi connectivity index (χ2n) is 1.18. The minimum absolute atomic E-state index is 0.209. The highest BCUT2D eigenvalue weighted by Crippen LogP contribution is 1.89. The summed E-state index contributed by atoms with van der Waals surface area (Å²) in [4.78, 5) is 10.3. The van der Waals surface area contributed by atoms with Crippen molar-refractivity contribution >= 4 is 14.7 Å². The van der Waals surface area contributed by atoms with Crippen LogP contribution in [0.1, 0.15) is 0 Å². The zero-order valence-electron chi connectivity index (χ0n) is 5.02. The predicted octanol–water partition coefficient (Wildman–Crippen LogP) is -0.0277. The lowest BCUT2D eigenvalue weighted by molar-refractivity contribution is -0.139. The summed E-state index contributed by atoms with van der Waals surface area (Å²) in [6, 6.07) is 0. The number of carbonyl (C=O) groups is 1. The Hall–Kier alpha value is -0.140. The molecule has 0 aromatic heterocycles. The summed E-state index contributed by atoms with van der Waals surface area (Å²) in [5, 5.41) is 2.85. The number of methoxy groups -OCH3 is 1. The third kappa shape index (κ3) is 4.03. The van der Waals surface area contributed by atoms with Gasteiger partial charge in [-0.05, 0) is 6.66 Å². The lowest BCUT2D eigenvalue weighted by Gasteiger charge is -1.96. The molecule has 0 saturated carbocycles. The first kappa shape index (κ1) is 7.86. The van der Waals surface area contributed by atoms with Gasteiger partial charge in [0.05, 0.1) is 13.7 Å². The Morgan fingerprint density at radius 1 is 1.88 bits per heavy atom. The van der Waals surface area contributed by atoms with E-state index in [1.54, 1.807) is 0 Å². The predicted molar refractivity (Wildman–Crippen MR) is 34.3 cm³/mol. The highest BCUT2D eigenvalue weighted by molar-refractivity contribution is 7.34. The molecule has 1 N–H and O–H groups in total. The molecular weight excluding hydrogens is 125 g/mol. The average molecular weight is 135 g/mol. The van der Waals surface area contributed by atoms with Gasteiger partial charge in [0.25, 0.3) is 0 Å². The van der Waals surface area contributed by atoms with Crippen molar-refractivity contribution in [3.8, 4) is 0 Å². The van der Waals surface area contributed by atoms with Gasteiger partial charge in [0.2, 0.25) is 0 Å². The van der Waals surface area contributed by atoms with Gasteiger partial charge in [-0.15, -0.1) is 0 Å². The molecule has 0 heterocycles. The molecule has 0 aliphatic carbocycles. The van der Waals surface area contributed by atoms with Crippen molar-refractivity contribution < 1.29 is 9.53 Å². The molecule has 1 atom stereocenters. The topological polar surface area (TPSA) is 38.3 Å². The molecule has 3 nitrogen and oxygen atoms in total. The standard InChI is InChI=1S/C4H10NO2P/c1-7-4(6)3-5-8-2/h5,8H,3H2,1-2H3. The van der Waals surface area contributed by atoms with Gasteiger partial charge in [-0.25, -0.2) is 0 Å². The third-order valence-electron chi connectivity index (χ3n) is 0.637. The van der Waals surface area contributed by atoms with E-state index >= 15 is 0 Å². The molecule has 48 valence electrons. The molecule has 0 radical (unpaired) electrons. The van der Waals surface area contributed by atoms with E-state index in [1.807, 2.05) is 6.66 Å². The molecule has 0 bridgehead atoms. The number of esters is 1. The SMILES string of the molecule is COC(=O)CNPC. The van der Waals surface area contributed by atoms with Crippen molar-refractivity contribution in [3.05, 3.63) is 0 Å². The lowest BCUT2D eigenvalue weighted by Crippen LogP contribution is -2.16. The number of nitrogens with one attached hydrogen (secondary N) is 1. The Morgan fingerprint density at radius 2 is 2.50 bits per heavy atom. The van der Waals surface area contributed by atoms with Gasteiger partial charge in [-0.1, -0.05) is 8.73 Å². The van der Waals surface area contributed by atoms with Gasteiger partial charge < -0.3 is 4.74 Å².